The number of rotatable bonds is 4. The average molecular weight is 385 g/mol. The molecule has 1 aromatic rings. The van der Waals surface area contributed by atoms with Crippen LogP contribution in [0.3, 0.4) is 0 Å². The number of aromatic nitrogens is 2. The standard InChI is InChI=1S/C22H32N4O2/c1-24-20(6-9-23-24)17-14-18-4-5-19(15-17)26(18)21(27)16-22(7-2-3-8-22)25-10-12-28-13-11-25/h6,9,14,18-19H,2-5,7-8,10-13,15-16H2,1H3. The molecule has 2 saturated heterocycles. The number of hydrogen-bond acceptors (Lipinski definition) is 4. The van der Waals surface area contributed by atoms with Crippen LogP contribution in [0.25, 0.3) is 5.57 Å². The molecule has 152 valence electrons. The van der Waals surface area contributed by atoms with Gasteiger partial charge in [0.25, 0.3) is 0 Å². The number of aryl methyl sites for hydroxylation is 1. The van der Waals surface area contributed by atoms with Crippen LogP contribution in [0.4, 0.5) is 0 Å². The molecule has 3 fully saturated rings. The number of hydrogen-bond donors (Lipinski definition) is 0. The Morgan fingerprint density at radius 3 is 2.71 bits per heavy atom. The molecule has 0 spiro atoms. The highest BCUT2D eigenvalue weighted by Gasteiger charge is 2.46. The fourth-order valence-electron chi connectivity index (χ4n) is 6.15. The van der Waals surface area contributed by atoms with Crippen LogP contribution in [0, 0.1) is 0 Å². The second kappa shape index (κ2) is 7.30. The molecule has 5 rings (SSSR count). The third kappa shape index (κ3) is 3.11. The van der Waals surface area contributed by atoms with E-state index < -0.39 is 0 Å². The molecule has 6 nitrogen and oxygen atoms in total. The summed E-state index contributed by atoms with van der Waals surface area (Å²) in [5, 5.41) is 4.33. The molecule has 0 aromatic carbocycles. The Hall–Kier alpha value is -1.66. The minimum Gasteiger partial charge on any atom is -0.379 e. The zero-order valence-electron chi connectivity index (χ0n) is 17.0. The molecule has 6 heteroatoms. The molecule has 3 aliphatic heterocycles. The summed E-state index contributed by atoms with van der Waals surface area (Å²) in [5.41, 5.74) is 2.64. The maximum Gasteiger partial charge on any atom is 0.225 e. The zero-order chi connectivity index (χ0) is 19.1. The Balaban J connectivity index is 1.34. The molecule has 0 N–H and O–H groups in total. The molecule has 2 bridgehead atoms. The molecular weight excluding hydrogens is 352 g/mol. The number of ether oxygens (including phenoxy) is 1. The van der Waals surface area contributed by atoms with Gasteiger partial charge >= 0.3 is 0 Å². The predicted molar refractivity (Wildman–Crippen MR) is 108 cm³/mol. The van der Waals surface area contributed by atoms with E-state index in [4.69, 9.17) is 4.74 Å². The van der Waals surface area contributed by atoms with Crippen molar-refractivity contribution in [3.63, 3.8) is 0 Å². The SMILES string of the molecule is Cn1nccc1C1=CC2CCC(C1)N2C(=O)CC1(N2CCOCC2)CCCC1. The van der Waals surface area contributed by atoms with E-state index >= 15 is 0 Å². The van der Waals surface area contributed by atoms with Crippen molar-refractivity contribution in [3.05, 3.63) is 24.0 Å². The third-order valence-electron chi connectivity index (χ3n) is 7.53. The van der Waals surface area contributed by atoms with Gasteiger partial charge in [-0.15, -0.1) is 0 Å². The van der Waals surface area contributed by atoms with E-state index in [0.717, 1.165) is 58.4 Å². The highest BCUT2D eigenvalue weighted by atomic mass is 16.5. The van der Waals surface area contributed by atoms with Gasteiger partial charge in [0.15, 0.2) is 0 Å². The monoisotopic (exact) mass is 384 g/mol. The van der Waals surface area contributed by atoms with Gasteiger partial charge in [-0.1, -0.05) is 18.9 Å². The van der Waals surface area contributed by atoms with Crippen molar-refractivity contribution < 1.29 is 9.53 Å². The van der Waals surface area contributed by atoms with Crippen LogP contribution in [0.1, 0.15) is 57.1 Å². The Morgan fingerprint density at radius 1 is 1.25 bits per heavy atom. The first kappa shape index (κ1) is 18.4. The van der Waals surface area contributed by atoms with E-state index in [1.54, 1.807) is 0 Å². The second-order valence-electron chi connectivity index (χ2n) is 9.04. The fourth-order valence-corrected chi connectivity index (χ4v) is 6.15. The van der Waals surface area contributed by atoms with E-state index in [9.17, 15) is 4.79 Å². The van der Waals surface area contributed by atoms with E-state index in [1.807, 2.05) is 17.9 Å². The summed E-state index contributed by atoms with van der Waals surface area (Å²) in [4.78, 5) is 18.4. The summed E-state index contributed by atoms with van der Waals surface area (Å²) in [5.74, 6) is 0.376. The van der Waals surface area contributed by atoms with Crippen LogP contribution in [-0.2, 0) is 16.6 Å². The lowest BCUT2D eigenvalue weighted by molar-refractivity contribution is -0.138. The lowest BCUT2D eigenvalue weighted by Crippen LogP contribution is -2.55. The number of nitrogens with zero attached hydrogens (tertiary/aromatic N) is 4. The Morgan fingerprint density at radius 2 is 2.04 bits per heavy atom. The van der Waals surface area contributed by atoms with Gasteiger partial charge in [-0.05, 0) is 43.7 Å². The molecule has 1 amide bonds. The first-order valence-corrected chi connectivity index (χ1v) is 11.0. The Bertz CT molecular complexity index is 758. The zero-order valence-corrected chi connectivity index (χ0v) is 17.0. The highest BCUT2D eigenvalue weighted by molar-refractivity contribution is 5.81. The fraction of sp³-hybridized carbons (Fsp3) is 0.727. The molecule has 28 heavy (non-hydrogen) atoms. The van der Waals surface area contributed by atoms with Crippen molar-refractivity contribution in [3.8, 4) is 0 Å². The van der Waals surface area contributed by atoms with Gasteiger partial charge in [-0.25, -0.2) is 0 Å². The highest BCUT2D eigenvalue weighted by Crippen LogP contribution is 2.43. The van der Waals surface area contributed by atoms with Gasteiger partial charge in [0, 0.05) is 44.3 Å². The molecule has 1 aromatic heterocycles. The normalized spacial score (nSPS) is 29.9. The maximum absolute atomic E-state index is 13.5. The van der Waals surface area contributed by atoms with Crippen molar-refractivity contribution in [2.75, 3.05) is 26.3 Å². The van der Waals surface area contributed by atoms with E-state index in [1.165, 1.54) is 24.1 Å². The Kier molecular flexibility index (Phi) is 4.79. The molecule has 1 saturated carbocycles. The largest absolute Gasteiger partial charge is 0.379 e. The quantitative estimate of drug-likeness (QED) is 0.801. The van der Waals surface area contributed by atoms with Crippen LogP contribution >= 0.6 is 0 Å². The summed E-state index contributed by atoms with van der Waals surface area (Å²) in [6, 6.07) is 2.71. The summed E-state index contributed by atoms with van der Waals surface area (Å²) in [6.45, 7) is 3.57. The molecule has 4 heterocycles. The smallest absolute Gasteiger partial charge is 0.225 e. The number of fused-ring (bicyclic) bond motifs is 2. The van der Waals surface area contributed by atoms with Crippen LogP contribution in [-0.4, -0.2) is 69.4 Å². The number of carbonyl (C=O) groups excluding carboxylic acids is 1. The first-order valence-electron chi connectivity index (χ1n) is 11.0. The van der Waals surface area contributed by atoms with Crippen molar-refractivity contribution in [1.82, 2.24) is 19.6 Å². The summed E-state index contributed by atoms with van der Waals surface area (Å²) in [7, 11) is 2.00. The number of amides is 1. The summed E-state index contributed by atoms with van der Waals surface area (Å²) >= 11 is 0. The van der Waals surface area contributed by atoms with E-state index in [2.05, 4.69) is 27.0 Å². The Labute approximate surface area is 167 Å². The van der Waals surface area contributed by atoms with Gasteiger partial charge in [-0.3, -0.25) is 14.4 Å². The second-order valence-corrected chi connectivity index (χ2v) is 9.04. The lowest BCUT2D eigenvalue weighted by Gasteiger charge is -2.45. The first-order chi connectivity index (χ1) is 13.7. The van der Waals surface area contributed by atoms with E-state index in [-0.39, 0.29) is 11.6 Å². The van der Waals surface area contributed by atoms with E-state index in [0.29, 0.717) is 18.4 Å². The lowest BCUT2D eigenvalue weighted by atomic mass is 9.88. The van der Waals surface area contributed by atoms with Crippen molar-refractivity contribution in [2.24, 2.45) is 7.05 Å². The predicted octanol–water partition coefficient (Wildman–Crippen LogP) is 2.60. The van der Waals surface area contributed by atoms with Crippen LogP contribution in [0.2, 0.25) is 0 Å². The van der Waals surface area contributed by atoms with Crippen LogP contribution < -0.4 is 0 Å². The molecule has 4 aliphatic rings. The maximum atomic E-state index is 13.5. The van der Waals surface area contributed by atoms with Gasteiger partial charge in [0.2, 0.25) is 5.91 Å². The minimum atomic E-state index is 0.0757. The molecular formula is C22H32N4O2. The average Bonchev–Trinajstić information content (AvgIpc) is 3.41. The molecule has 1 aliphatic carbocycles. The number of carbonyl (C=O) groups is 1. The van der Waals surface area contributed by atoms with Gasteiger partial charge in [-0.2, -0.15) is 5.10 Å². The van der Waals surface area contributed by atoms with Crippen LogP contribution in [0.5, 0.6) is 0 Å². The molecule has 2 unspecified atom stereocenters. The van der Waals surface area contributed by atoms with Gasteiger partial charge < -0.3 is 9.64 Å². The van der Waals surface area contributed by atoms with Gasteiger partial charge in [0.05, 0.1) is 24.9 Å². The van der Waals surface area contributed by atoms with Crippen molar-refractivity contribution in [2.45, 2.75) is 69.0 Å². The summed E-state index contributed by atoms with van der Waals surface area (Å²) < 4.78 is 7.53. The molecule has 2 atom stereocenters. The van der Waals surface area contributed by atoms with Gasteiger partial charge in [0.1, 0.15) is 0 Å². The molecule has 0 radical (unpaired) electrons. The number of morpholine rings is 1. The van der Waals surface area contributed by atoms with Crippen molar-refractivity contribution in [1.29, 1.82) is 0 Å². The third-order valence-corrected chi connectivity index (χ3v) is 7.53. The topological polar surface area (TPSA) is 50.6 Å². The minimum absolute atomic E-state index is 0.0757. The van der Waals surface area contributed by atoms with Crippen LogP contribution in [0.15, 0.2) is 18.3 Å². The summed E-state index contributed by atoms with van der Waals surface area (Å²) in [6.07, 6.45) is 12.9. The van der Waals surface area contributed by atoms with Crippen molar-refractivity contribution >= 4 is 11.5 Å².